The van der Waals surface area contributed by atoms with E-state index in [2.05, 4.69) is 0 Å². The molecule has 0 radical (unpaired) electrons. The molecule has 9 nitrogen and oxygen atoms in total. The number of rotatable bonds is 5. The predicted octanol–water partition coefficient (Wildman–Crippen LogP) is 3.19. The molecule has 2 fully saturated rings. The Balaban J connectivity index is 1.48. The fraction of sp³-hybridized carbons (Fsp3) is 0.238. The molecule has 1 aromatic heterocycles. The molecule has 0 bridgehead atoms. The van der Waals surface area contributed by atoms with Crippen LogP contribution in [0, 0.1) is 0 Å². The molecule has 0 saturated carbocycles. The number of carboxylic acid groups (broad SMARTS) is 1. The normalized spacial score (nSPS) is 18.0. The van der Waals surface area contributed by atoms with Gasteiger partial charge in [-0.2, -0.15) is 0 Å². The van der Waals surface area contributed by atoms with E-state index in [-0.39, 0.29) is 27.9 Å². The van der Waals surface area contributed by atoms with E-state index in [1.165, 1.54) is 18.2 Å². The topological polar surface area (TPSA) is 117 Å². The molecular formula is C21H17ClN2O7S. The molecular weight excluding hydrogens is 460 g/mol. The van der Waals surface area contributed by atoms with E-state index in [9.17, 15) is 19.2 Å². The Hall–Kier alpha value is -3.08. The molecule has 11 heteroatoms. The van der Waals surface area contributed by atoms with Crippen molar-refractivity contribution >= 4 is 52.5 Å². The Labute approximate surface area is 191 Å². The van der Waals surface area contributed by atoms with Gasteiger partial charge in [0.05, 0.1) is 28.7 Å². The van der Waals surface area contributed by atoms with Crippen molar-refractivity contribution in [2.24, 2.45) is 0 Å². The first-order valence-corrected chi connectivity index (χ1v) is 10.8. The average molecular weight is 477 g/mol. The van der Waals surface area contributed by atoms with Crippen molar-refractivity contribution in [3.05, 3.63) is 51.6 Å². The molecule has 2 aliphatic heterocycles. The molecule has 2 aliphatic rings. The molecule has 1 N–H and O–H groups in total. The molecule has 0 unspecified atom stereocenters. The summed E-state index contributed by atoms with van der Waals surface area (Å²) >= 11 is 6.74. The van der Waals surface area contributed by atoms with E-state index in [0.717, 1.165) is 16.7 Å². The van der Waals surface area contributed by atoms with Crippen LogP contribution in [0.1, 0.15) is 16.1 Å². The highest BCUT2D eigenvalue weighted by atomic mass is 35.5. The number of halogens is 1. The molecule has 1 aromatic carbocycles. The maximum absolute atomic E-state index is 12.7. The van der Waals surface area contributed by atoms with Crippen molar-refractivity contribution in [1.82, 2.24) is 9.80 Å². The number of morpholine rings is 1. The van der Waals surface area contributed by atoms with Gasteiger partial charge in [-0.1, -0.05) is 17.7 Å². The van der Waals surface area contributed by atoms with Crippen molar-refractivity contribution in [3.63, 3.8) is 0 Å². The second-order valence-corrected chi connectivity index (χ2v) is 8.36. The minimum Gasteiger partial charge on any atom is -0.478 e. The van der Waals surface area contributed by atoms with Gasteiger partial charge in [0.2, 0.25) is 5.91 Å². The number of hydrogen-bond donors (Lipinski definition) is 1. The smallest absolute Gasteiger partial charge is 0.337 e. The lowest BCUT2D eigenvalue weighted by molar-refractivity contribution is -0.139. The number of furan rings is 1. The van der Waals surface area contributed by atoms with E-state index >= 15 is 0 Å². The van der Waals surface area contributed by atoms with Crippen LogP contribution < -0.4 is 0 Å². The summed E-state index contributed by atoms with van der Waals surface area (Å²) in [6.07, 6.45) is 1.43. The summed E-state index contributed by atoms with van der Waals surface area (Å²) in [4.78, 5) is 51.1. The van der Waals surface area contributed by atoms with Crippen LogP contribution in [0.2, 0.25) is 5.02 Å². The van der Waals surface area contributed by atoms with E-state index in [1.54, 1.807) is 23.1 Å². The Kier molecular flexibility index (Phi) is 6.35. The summed E-state index contributed by atoms with van der Waals surface area (Å²) in [6, 6.07) is 7.66. The predicted molar refractivity (Wildman–Crippen MR) is 116 cm³/mol. The number of imide groups is 1. The number of carbonyl (C=O) groups excluding carboxylic acids is 3. The minimum absolute atomic E-state index is 0.0255. The third-order valence-electron chi connectivity index (χ3n) is 4.91. The lowest BCUT2D eigenvalue weighted by atomic mass is 10.1. The Morgan fingerprint density at radius 2 is 1.91 bits per heavy atom. The van der Waals surface area contributed by atoms with Gasteiger partial charge < -0.3 is 19.2 Å². The van der Waals surface area contributed by atoms with Crippen molar-refractivity contribution in [2.45, 2.75) is 0 Å². The number of carbonyl (C=O) groups is 4. The first-order chi connectivity index (χ1) is 15.3. The van der Waals surface area contributed by atoms with Gasteiger partial charge in [0.1, 0.15) is 18.1 Å². The number of carboxylic acids is 1. The van der Waals surface area contributed by atoms with Crippen LogP contribution in [0.4, 0.5) is 4.79 Å². The van der Waals surface area contributed by atoms with Crippen LogP contribution in [0.15, 0.2) is 39.7 Å². The largest absolute Gasteiger partial charge is 0.478 e. The van der Waals surface area contributed by atoms with Crippen LogP contribution in [-0.4, -0.2) is 70.8 Å². The van der Waals surface area contributed by atoms with Crippen LogP contribution in [0.25, 0.3) is 17.4 Å². The van der Waals surface area contributed by atoms with Gasteiger partial charge in [-0.3, -0.25) is 19.3 Å². The molecule has 32 heavy (non-hydrogen) atoms. The maximum atomic E-state index is 12.7. The average Bonchev–Trinajstić information content (AvgIpc) is 3.34. The zero-order valence-electron chi connectivity index (χ0n) is 16.6. The SMILES string of the molecule is O=C(O)c1ccc(-c2ccc(/C=C3/SC(=O)N(CC(=O)N4CCOCC4)C3=O)o2)cc1Cl. The summed E-state index contributed by atoms with van der Waals surface area (Å²) in [5.41, 5.74) is 0.534. The van der Waals surface area contributed by atoms with Crippen molar-refractivity contribution in [2.75, 3.05) is 32.8 Å². The highest BCUT2D eigenvalue weighted by Crippen LogP contribution is 2.34. The molecule has 4 rings (SSSR count). The summed E-state index contributed by atoms with van der Waals surface area (Å²) in [7, 11) is 0. The van der Waals surface area contributed by atoms with Gasteiger partial charge in [0.25, 0.3) is 11.1 Å². The van der Waals surface area contributed by atoms with Gasteiger partial charge in [-0.05, 0) is 36.0 Å². The Bertz CT molecular complexity index is 1140. The zero-order chi connectivity index (χ0) is 22.8. The van der Waals surface area contributed by atoms with Gasteiger partial charge in [0.15, 0.2) is 0 Å². The Morgan fingerprint density at radius 1 is 1.16 bits per heavy atom. The number of benzene rings is 1. The number of aromatic carboxylic acids is 1. The van der Waals surface area contributed by atoms with Gasteiger partial charge in [-0.15, -0.1) is 0 Å². The number of nitrogens with zero attached hydrogens (tertiary/aromatic N) is 2. The van der Waals surface area contributed by atoms with Crippen LogP contribution in [0.3, 0.4) is 0 Å². The van der Waals surface area contributed by atoms with Crippen molar-refractivity contribution < 1.29 is 33.4 Å². The molecule has 0 atom stereocenters. The minimum atomic E-state index is -1.13. The summed E-state index contributed by atoms with van der Waals surface area (Å²) < 4.78 is 10.9. The second kappa shape index (κ2) is 9.19. The van der Waals surface area contributed by atoms with Gasteiger partial charge in [0, 0.05) is 24.7 Å². The number of ether oxygens (including phenoxy) is 1. The molecule has 166 valence electrons. The van der Waals surface area contributed by atoms with Crippen LogP contribution >= 0.6 is 23.4 Å². The highest BCUT2D eigenvalue weighted by molar-refractivity contribution is 8.18. The molecule has 2 aromatic rings. The van der Waals surface area contributed by atoms with Gasteiger partial charge >= 0.3 is 5.97 Å². The number of amides is 3. The first kappa shape index (κ1) is 22.1. The quantitative estimate of drug-likeness (QED) is 0.654. The van der Waals surface area contributed by atoms with Crippen LogP contribution in [-0.2, 0) is 14.3 Å². The standard InChI is InChI=1S/C21H17ClN2O7S/c22-15-9-12(1-3-14(15)20(27)28)16-4-2-13(31-16)10-17-19(26)24(21(29)32-17)11-18(25)23-5-7-30-8-6-23/h1-4,9-10H,5-8,11H2,(H,27,28)/b17-10+. The van der Waals surface area contributed by atoms with Crippen molar-refractivity contribution in [1.29, 1.82) is 0 Å². The summed E-state index contributed by atoms with van der Waals surface area (Å²) in [5, 5.41) is 8.62. The fourth-order valence-electron chi connectivity index (χ4n) is 3.24. The zero-order valence-corrected chi connectivity index (χ0v) is 18.1. The first-order valence-electron chi connectivity index (χ1n) is 9.57. The maximum Gasteiger partial charge on any atom is 0.337 e. The molecule has 0 aliphatic carbocycles. The third kappa shape index (κ3) is 4.57. The fourth-order valence-corrected chi connectivity index (χ4v) is 4.32. The van der Waals surface area contributed by atoms with E-state index in [1.807, 2.05) is 0 Å². The second-order valence-electron chi connectivity index (χ2n) is 6.96. The lowest BCUT2D eigenvalue weighted by Crippen LogP contribution is -2.46. The summed E-state index contributed by atoms with van der Waals surface area (Å²) in [5.74, 6) is -1.27. The summed E-state index contributed by atoms with van der Waals surface area (Å²) in [6.45, 7) is 1.39. The van der Waals surface area contributed by atoms with E-state index < -0.39 is 17.1 Å². The monoisotopic (exact) mass is 476 g/mol. The lowest BCUT2D eigenvalue weighted by Gasteiger charge is -2.27. The Morgan fingerprint density at radius 3 is 2.59 bits per heavy atom. The van der Waals surface area contributed by atoms with Gasteiger partial charge in [-0.25, -0.2) is 4.79 Å². The molecule has 3 amide bonds. The molecule has 2 saturated heterocycles. The molecule has 3 heterocycles. The van der Waals surface area contributed by atoms with E-state index in [4.69, 9.17) is 25.9 Å². The van der Waals surface area contributed by atoms with E-state index in [0.29, 0.717) is 43.4 Å². The molecule has 0 spiro atoms. The number of thioether (sulfide) groups is 1. The third-order valence-corrected chi connectivity index (χ3v) is 6.14. The van der Waals surface area contributed by atoms with Crippen molar-refractivity contribution in [3.8, 4) is 11.3 Å². The van der Waals surface area contributed by atoms with Crippen LogP contribution in [0.5, 0.6) is 0 Å². The number of hydrogen-bond acceptors (Lipinski definition) is 7. The highest BCUT2D eigenvalue weighted by Gasteiger charge is 2.37.